The maximum Gasteiger partial charge on any atom is 0.234 e. The summed E-state index contributed by atoms with van der Waals surface area (Å²) in [6.07, 6.45) is 5.13. The molecule has 2 aromatic rings. The van der Waals surface area contributed by atoms with E-state index in [1.165, 1.54) is 0 Å². The van der Waals surface area contributed by atoms with Gasteiger partial charge in [-0.25, -0.2) is 0 Å². The molecule has 0 unspecified atom stereocenters. The van der Waals surface area contributed by atoms with Gasteiger partial charge >= 0.3 is 0 Å². The number of rotatable bonds is 5. The van der Waals surface area contributed by atoms with Gasteiger partial charge in [0.05, 0.1) is 25.2 Å². The van der Waals surface area contributed by atoms with Crippen LogP contribution >= 0.6 is 0 Å². The van der Waals surface area contributed by atoms with Crippen molar-refractivity contribution in [2.75, 3.05) is 11.9 Å². The summed E-state index contributed by atoms with van der Waals surface area (Å²) in [5.41, 5.74) is 2.28. The lowest BCUT2D eigenvalue weighted by atomic mass is 10.2. The molecule has 0 bridgehead atoms. The number of nitrogens with zero attached hydrogens (tertiary/aromatic N) is 4. The van der Waals surface area contributed by atoms with Crippen molar-refractivity contribution in [2.24, 2.45) is 7.05 Å². The average Bonchev–Trinajstić information content (AvgIpc) is 2.69. The lowest BCUT2D eigenvalue weighted by molar-refractivity contribution is 0.325. The van der Waals surface area contributed by atoms with E-state index in [0.717, 1.165) is 11.3 Å². The number of anilines is 1. The summed E-state index contributed by atoms with van der Waals surface area (Å²) < 4.78 is 7.14. The van der Waals surface area contributed by atoms with Crippen molar-refractivity contribution in [1.82, 2.24) is 19.7 Å². The molecule has 2 heterocycles. The van der Waals surface area contributed by atoms with Crippen molar-refractivity contribution in [2.45, 2.75) is 20.4 Å². The molecule has 0 fully saturated rings. The SMILES string of the molecule is CCOc1cncc(NCc2cnn(C)c2C)n1. The molecule has 0 amide bonds. The normalized spacial score (nSPS) is 10.4. The third-order valence-electron chi connectivity index (χ3n) is 2.70. The third kappa shape index (κ3) is 2.77. The molecule has 96 valence electrons. The van der Waals surface area contributed by atoms with Crippen LogP contribution in [0.3, 0.4) is 0 Å². The van der Waals surface area contributed by atoms with Gasteiger partial charge in [0.1, 0.15) is 5.82 Å². The Morgan fingerprint density at radius 3 is 2.83 bits per heavy atom. The molecule has 1 N–H and O–H groups in total. The van der Waals surface area contributed by atoms with Crippen LogP contribution in [-0.4, -0.2) is 26.4 Å². The first-order valence-corrected chi connectivity index (χ1v) is 5.87. The summed E-state index contributed by atoms with van der Waals surface area (Å²) in [6.45, 7) is 5.21. The van der Waals surface area contributed by atoms with Crippen molar-refractivity contribution in [3.8, 4) is 5.88 Å². The van der Waals surface area contributed by atoms with E-state index in [9.17, 15) is 0 Å². The van der Waals surface area contributed by atoms with Crippen molar-refractivity contribution in [1.29, 1.82) is 0 Å². The van der Waals surface area contributed by atoms with E-state index in [1.807, 2.05) is 31.8 Å². The standard InChI is InChI=1S/C12H17N5O/c1-4-18-12-8-13-7-11(16-12)14-5-10-6-15-17(3)9(10)2/h6-8H,4-5H2,1-3H3,(H,14,16). The molecule has 2 aromatic heterocycles. The third-order valence-corrected chi connectivity index (χ3v) is 2.70. The predicted molar refractivity (Wildman–Crippen MR) is 68.5 cm³/mol. The molecule has 6 nitrogen and oxygen atoms in total. The van der Waals surface area contributed by atoms with Gasteiger partial charge in [-0.2, -0.15) is 10.1 Å². The number of hydrogen-bond acceptors (Lipinski definition) is 5. The highest BCUT2D eigenvalue weighted by Gasteiger charge is 2.04. The Morgan fingerprint density at radius 1 is 1.33 bits per heavy atom. The van der Waals surface area contributed by atoms with Gasteiger partial charge in [0.2, 0.25) is 5.88 Å². The van der Waals surface area contributed by atoms with E-state index in [2.05, 4.69) is 20.4 Å². The second-order valence-corrected chi connectivity index (χ2v) is 3.91. The molecule has 0 atom stereocenters. The molecular weight excluding hydrogens is 230 g/mol. The Kier molecular flexibility index (Phi) is 3.76. The van der Waals surface area contributed by atoms with Crippen LogP contribution in [0.2, 0.25) is 0 Å². The number of hydrogen-bond donors (Lipinski definition) is 1. The number of aromatic nitrogens is 4. The Hall–Kier alpha value is -2.11. The van der Waals surface area contributed by atoms with Crippen LogP contribution in [0.5, 0.6) is 5.88 Å². The van der Waals surface area contributed by atoms with Gasteiger partial charge in [0.15, 0.2) is 0 Å². The zero-order valence-corrected chi connectivity index (χ0v) is 10.8. The van der Waals surface area contributed by atoms with E-state index in [0.29, 0.717) is 24.8 Å². The average molecular weight is 247 g/mol. The zero-order chi connectivity index (χ0) is 13.0. The first-order chi connectivity index (χ1) is 8.70. The van der Waals surface area contributed by atoms with E-state index in [4.69, 9.17) is 4.74 Å². The topological polar surface area (TPSA) is 64.9 Å². The second-order valence-electron chi connectivity index (χ2n) is 3.91. The maximum absolute atomic E-state index is 5.30. The predicted octanol–water partition coefficient (Wildman–Crippen LogP) is 1.53. The van der Waals surface area contributed by atoms with Crippen LogP contribution < -0.4 is 10.1 Å². The van der Waals surface area contributed by atoms with E-state index < -0.39 is 0 Å². The minimum absolute atomic E-state index is 0.533. The molecular formula is C12H17N5O. The van der Waals surface area contributed by atoms with Crippen molar-refractivity contribution in [3.63, 3.8) is 0 Å². The van der Waals surface area contributed by atoms with Crippen molar-refractivity contribution in [3.05, 3.63) is 29.8 Å². The molecule has 0 aliphatic heterocycles. The molecule has 0 saturated heterocycles. The fourth-order valence-corrected chi connectivity index (χ4v) is 1.55. The van der Waals surface area contributed by atoms with E-state index >= 15 is 0 Å². The van der Waals surface area contributed by atoms with E-state index in [1.54, 1.807) is 12.4 Å². The second kappa shape index (κ2) is 5.48. The first-order valence-electron chi connectivity index (χ1n) is 5.87. The molecule has 6 heteroatoms. The van der Waals surface area contributed by atoms with Gasteiger partial charge in [-0.1, -0.05) is 0 Å². The molecule has 0 radical (unpaired) electrons. The van der Waals surface area contributed by atoms with Crippen molar-refractivity contribution >= 4 is 5.82 Å². The van der Waals surface area contributed by atoms with Crippen molar-refractivity contribution < 1.29 is 4.74 Å². The number of nitrogens with one attached hydrogen (secondary N) is 1. The van der Waals surface area contributed by atoms with Gasteiger partial charge in [-0.15, -0.1) is 0 Å². The van der Waals surface area contributed by atoms with Gasteiger partial charge in [-0.3, -0.25) is 9.67 Å². The number of ether oxygens (including phenoxy) is 1. The van der Waals surface area contributed by atoms with Crippen LogP contribution in [0.15, 0.2) is 18.6 Å². The molecule has 0 aliphatic carbocycles. The highest BCUT2D eigenvalue weighted by atomic mass is 16.5. The highest BCUT2D eigenvalue weighted by molar-refractivity contribution is 5.35. The maximum atomic E-state index is 5.30. The summed E-state index contributed by atoms with van der Waals surface area (Å²) in [5, 5.41) is 7.40. The van der Waals surface area contributed by atoms with Gasteiger partial charge in [0, 0.05) is 24.8 Å². The molecule has 2 rings (SSSR count). The fourth-order valence-electron chi connectivity index (χ4n) is 1.55. The first kappa shape index (κ1) is 12.3. The van der Waals surface area contributed by atoms with Gasteiger partial charge in [0.25, 0.3) is 0 Å². The fraction of sp³-hybridized carbons (Fsp3) is 0.417. The summed E-state index contributed by atoms with van der Waals surface area (Å²) in [5.74, 6) is 1.23. The van der Waals surface area contributed by atoms with Crippen LogP contribution in [-0.2, 0) is 13.6 Å². The smallest absolute Gasteiger partial charge is 0.234 e. The molecule has 0 saturated carbocycles. The zero-order valence-electron chi connectivity index (χ0n) is 10.8. The summed E-state index contributed by atoms with van der Waals surface area (Å²) in [4.78, 5) is 8.36. The summed E-state index contributed by atoms with van der Waals surface area (Å²) in [6, 6.07) is 0. The Balaban J connectivity index is 2.01. The van der Waals surface area contributed by atoms with E-state index in [-0.39, 0.29) is 0 Å². The summed E-state index contributed by atoms with van der Waals surface area (Å²) in [7, 11) is 1.92. The lowest BCUT2D eigenvalue weighted by Gasteiger charge is -2.06. The molecule has 0 aromatic carbocycles. The monoisotopic (exact) mass is 247 g/mol. The van der Waals surface area contributed by atoms with Gasteiger partial charge < -0.3 is 10.1 Å². The van der Waals surface area contributed by atoms with Gasteiger partial charge in [-0.05, 0) is 13.8 Å². The summed E-state index contributed by atoms with van der Waals surface area (Å²) >= 11 is 0. The quantitative estimate of drug-likeness (QED) is 0.868. The molecule has 0 aliphatic rings. The molecule has 0 spiro atoms. The lowest BCUT2D eigenvalue weighted by Crippen LogP contribution is -2.04. The molecule has 18 heavy (non-hydrogen) atoms. The largest absolute Gasteiger partial charge is 0.477 e. The van der Waals surface area contributed by atoms with Crippen LogP contribution in [0.4, 0.5) is 5.82 Å². The minimum Gasteiger partial charge on any atom is -0.477 e. The van der Waals surface area contributed by atoms with Crippen LogP contribution in [0.1, 0.15) is 18.2 Å². The highest BCUT2D eigenvalue weighted by Crippen LogP contribution is 2.11. The number of aryl methyl sites for hydroxylation is 1. The Bertz CT molecular complexity index is 523. The van der Waals surface area contributed by atoms with Crippen LogP contribution in [0, 0.1) is 6.92 Å². The Morgan fingerprint density at radius 2 is 2.17 bits per heavy atom. The minimum atomic E-state index is 0.533. The Labute approximate surface area is 106 Å². The van der Waals surface area contributed by atoms with Crippen LogP contribution in [0.25, 0.3) is 0 Å².